The van der Waals surface area contributed by atoms with Crippen LogP contribution < -0.4 is 10.6 Å². The largest absolute Gasteiger partial charge is 0.323 e. The van der Waals surface area contributed by atoms with E-state index in [4.69, 9.17) is 0 Å². The summed E-state index contributed by atoms with van der Waals surface area (Å²) in [6.07, 6.45) is 3.88. The van der Waals surface area contributed by atoms with Crippen molar-refractivity contribution in [2.24, 2.45) is 5.92 Å². The highest BCUT2D eigenvalue weighted by Crippen LogP contribution is 2.18. The van der Waals surface area contributed by atoms with Gasteiger partial charge in [0.2, 0.25) is 17.7 Å². The van der Waals surface area contributed by atoms with Crippen LogP contribution in [0.5, 0.6) is 0 Å². The molecule has 0 radical (unpaired) electrons. The molecule has 7 heteroatoms. The van der Waals surface area contributed by atoms with Gasteiger partial charge >= 0.3 is 0 Å². The molecular formula is C17H18N4O3. The third-order valence-electron chi connectivity index (χ3n) is 3.81. The molecule has 1 aromatic heterocycles. The van der Waals surface area contributed by atoms with E-state index in [-0.39, 0.29) is 42.9 Å². The van der Waals surface area contributed by atoms with Crippen molar-refractivity contribution in [1.29, 1.82) is 0 Å². The molecule has 1 aromatic carbocycles. The molecule has 0 aliphatic carbocycles. The van der Waals surface area contributed by atoms with Crippen molar-refractivity contribution in [2.45, 2.75) is 25.8 Å². The van der Waals surface area contributed by atoms with Gasteiger partial charge in [0.1, 0.15) is 0 Å². The van der Waals surface area contributed by atoms with Crippen molar-refractivity contribution in [3.63, 3.8) is 0 Å². The van der Waals surface area contributed by atoms with Crippen molar-refractivity contribution >= 4 is 23.4 Å². The van der Waals surface area contributed by atoms with Gasteiger partial charge in [-0.1, -0.05) is 30.3 Å². The number of aromatic nitrogens is 2. The molecule has 7 nitrogen and oxygen atoms in total. The van der Waals surface area contributed by atoms with Gasteiger partial charge in [-0.25, -0.2) is 0 Å². The van der Waals surface area contributed by atoms with Gasteiger partial charge in [0.25, 0.3) is 0 Å². The molecule has 1 aliphatic rings. The number of amides is 3. The van der Waals surface area contributed by atoms with Gasteiger partial charge in [0, 0.05) is 25.5 Å². The number of nitrogens with zero attached hydrogens (tertiary/aromatic N) is 2. The molecule has 0 bridgehead atoms. The summed E-state index contributed by atoms with van der Waals surface area (Å²) in [6, 6.07) is 9.89. The minimum atomic E-state index is -0.320. The molecule has 3 amide bonds. The van der Waals surface area contributed by atoms with E-state index >= 15 is 0 Å². The van der Waals surface area contributed by atoms with E-state index in [1.165, 1.54) is 0 Å². The van der Waals surface area contributed by atoms with E-state index in [1.807, 2.05) is 30.3 Å². The molecule has 0 saturated carbocycles. The minimum absolute atomic E-state index is 0.142. The summed E-state index contributed by atoms with van der Waals surface area (Å²) in [4.78, 5) is 34.7. The molecule has 1 fully saturated rings. The first-order valence-corrected chi connectivity index (χ1v) is 7.77. The molecule has 0 spiro atoms. The minimum Gasteiger partial charge on any atom is -0.323 e. The van der Waals surface area contributed by atoms with Crippen molar-refractivity contribution in [3.8, 4) is 0 Å². The van der Waals surface area contributed by atoms with Crippen LogP contribution in [0.3, 0.4) is 0 Å². The van der Waals surface area contributed by atoms with E-state index in [2.05, 4.69) is 15.7 Å². The fourth-order valence-corrected chi connectivity index (χ4v) is 2.76. The molecule has 0 unspecified atom stereocenters. The Morgan fingerprint density at radius 1 is 1.21 bits per heavy atom. The van der Waals surface area contributed by atoms with Crippen molar-refractivity contribution < 1.29 is 14.4 Å². The maximum absolute atomic E-state index is 12.1. The highest BCUT2D eigenvalue weighted by Gasteiger charge is 2.26. The molecule has 1 aliphatic heterocycles. The Morgan fingerprint density at radius 2 is 1.92 bits per heavy atom. The van der Waals surface area contributed by atoms with Crippen LogP contribution in [0.15, 0.2) is 42.7 Å². The average Bonchev–Trinajstić information content (AvgIpc) is 2.94. The number of carbonyl (C=O) groups excluding carboxylic acids is 3. The van der Waals surface area contributed by atoms with Crippen molar-refractivity contribution in [2.75, 3.05) is 5.32 Å². The predicted molar refractivity (Wildman–Crippen MR) is 86.9 cm³/mol. The van der Waals surface area contributed by atoms with Gasteiger partial charge in [-0.05, 0) is 11.5 Å². The second-order valence-electron chi connectivity index (χ2n) is 5.91. The van der Waals surface area contributed by atoms with Crippen LogP contribution in [0, 0.1) is 5.92 Å². The van der Waals surface area contributed by atoms with Crippen LogP contribution in [-0.2, 0) is 20.9 Å². The standard InChI is InChI=1S/C17H18N4O3/c22-15(6-13-7-16(23)20-17(24)8-13)19-14-9-18-21(11-14)10-12-4-2-1-3-5-12/h1-5,9,11,13H,6-8,10H2,(H,19,22)(H,20,23,24). The fourth-order valence-electron chi connectivity index (χ4n) is 2.76. The Morgan fingerprint density at radius 3 is 2.62 bits per heavy atom. The second-order valence-corrected chi connectivity index (χ2v) is 5.91. The maximum Gasteiger partial charge on any atom is 0.226 e. The number of imide groups is 1. The summed E-state index contributed by atoms with van der Waals surface area (Å²) in [7, 11) is 0. The zero-order valence-corrected chi connectivity index (χ0v) is 13.1. The maximum atomic E-state index is 12.1. The molecule has 0 atom stereocenters. The Labute approximate surface area is 139 Å². The first-order chi connectivity index (χ1) is 11.6. The molecule has 3 rings (SSSR count). The molecule has 2 N–H and O–H groups in total. The zero-order valence-electron chi connectivity index (χ0n) is 13.1. The normalized spacial score (nSPS) is 15.2. The summed E-state index contributed by atoms with van der Waals surface area (Å²) in [5.41, 5.74) is 1.72. The molecule has 124 valence electrons. The molecule has 2 heterocycles. The van der Waals surface area contributed by atoms with E-state index in [0.717, 1.165) is 5.56 Å². The molecule has 1 saturated heterocycles. The third kappa shape index (κ3) is 4.28. The van der Waals surface area contributed by atoms with E-state index < -0.39 is 0 Å². The SMILES string of the molecule is O=C1CC(CC(=O)Nc2cnn(Cc3ccccc3)c2)CC(=O)N1. The van der Waals surface area contributed by atoms with Gasteiger partial charge in [0.15, 0.2) is 0 Å². The lowest BCUT2D eigenvalue weighted by atomic mass is 9.93. The van der Waals surface area contributed by atoms with Gasteiger partial charge in [0.05, 0.1) is 18.4 Å². The molecule has 2 aromatic rings. The summed E-state index contributed by atoms with van der Waals surface area (Å²) < 4.78 is 1.74. The second kappa shape index (κ2) is 7.08. The van der Waals surface area contributed by atoms with Crippen LogP contribution >= 0.6 is 0 Å². The van der Waals surface area contributed by atoms with Gasteiger partial charge in [-0.3, -0.25) is 24.4 Å². The highest BCUT2D eigenvalue weighted by molar-refractivity contribution is 5.99. The predicted octanol–water partition coefficient (Wildman–Crippen LogP) is 1.31. The Hall–Kier alpha value is -2.96. The van der Waals surface area contributed by atoms with Crippen LogP contribution in [0.2, 0.25) is 0 Å². The van der Waals surface area contributed by atoms with E-state index in [1.54, 1.807) is 17.1 Å². The Balaban J connectivity index is 1.53. The van der Waals surface area contributed by atoms with Crippen LogP contribution in [0.25, 0.3) is 0 Å². The van der Waals surface area contributed by atoms with Crippen LogP contribution in [0.4, 0.5) is 5.69 Å². The zero-order chi connectivity index (χ0) is 16.9. The summed E-state index contributed by atoms with van der Waals surface area (Å²) in [5, 5.41) is 9.21. The number of carbonyl (C=O) groups is 3. The summed E-state index contributed by atoms with van der Waals surface area (Å²) >= 11 is 0. The van der Waals surface area contributed by atoms with Gasteiger partial charge in [-0.15, -0.1) is 0 Å². The lowest BCUT2D eigenvalue weighted by Gasteiger charge is -2.19. The van der Waals surface area contributed by atoms with E-state index in [9.17, 15) is 14.4 Å². The fraction of sp³-hybridized carbons (Fsp3) is 0.294. The van der Waals surface area contributed by atoms with Crippen molar-refractivity contribution in [1.82, 2.24) is 15.1 Å². The van der Waals surface area contributed by atoms with Gasteiger partial charge in [-0.2, -0.15) is 5.10 Å². The Bertz CT molecular complexity index is 738. The number of anilines is 1. The first kappa shape index (κ1) is 15.9. The lowest BCUT2D eigenvalue weighted by Crippen LogP contribution is -2.39. The topological polar surface area (TPSA) is 93.1 Å². The van der Waals surface area contributed by atoms with Crippen LogP contribution in [0.1, 0.15) is 24.8 Å². The number of piperidine rings is 1. The Kier molecular flexibility index (Phi) is 4.69. The number of nitrogens with one attached hydrogen (secondary N) is 2. The summed E-state index contributed by atoms with van der Waals surface area (Å²) in [6.45, 7) is 0.619. The monoisotopic (exact) mass is 326 g/mol. The third-order valence-corrected chi connectivity index (χ3v) is 3.81. The number of hydrogen-bond acceptors (Lipinski definition) is 4. The first-order valence-electron chi connectivity index (χ1n) is 7.77. The van der Waals surface area contributed by atoms with Crippen LogP contribution in [-0.4, -0.2) is 27.5 Å². The average molecular weight is 326 g/mol. The smallest absolute Gasteiger partial charge is 0.226 e. The quantitative estimate of drug-likeness (QED) is 0.810. The number of rotatable bonds is 5. The lowest BCUT2D eigenvalue weighted by molar-refractivity contribution is -0.135. The summed E-state index contributed by atoms with van der Waals surface area (Å²) in [5.74, 6) is -1.10. The van der Waals surface area contributed by atoms with Crippen molar-refractivity contribution in [3.05, 3.63) is 48.3 Å². The molecular weight excluding hydrogens is 308 g/mol. The van der Waals surface area contributed by atoms with E-state index in [0.29, 0.717) is 12.2 Å². The molecule has 24 heavy (non-hydrogen) atoms. The number of benzene rings is 1. The van der Waals surface area contributed by atoms with Gasteiger partial charge < -0.3 is 5.32 Å². The number of hydrogen-bond donors (Lipinski definition) is 2. The highest BCUT2D eigenvalue weighted by atomic mass is 16.2.